The zero-order valence-corrected chi connectivity index (χ0v) is 15.9. The molecule has 1 fully saturated rings. The van der Waals surface area contributed by atoms with Crippen LogP contribution < -0.4 is 15.0 Å². The van der Waals surface area contributed by atoms with Crippen LogP contribution in [0.5, 0.6) is 5.75 Å². The first-order valence-electron chi connectivity index (χ1n) is 8.70. The van der Waals surface area contributed by atoms with Gasteiger partial charge in [0.05, 0.1) is 16.9 Å². The molecular formula is C19H21Cl2N3O2. The van der Waals surface area contributed by atoms with Gasteiger partial charge in [-0.15, -0.1) is 0 Å². The Labute approximate surface area is 163 Å². The van der Waals surface area contributed by atoms with Crippen molar-refractivity contribution in [3.63, 3.8) is 0 Å². The lowest BCUT2D eigenvalue weighted by Crippen LogP contribution is -2.24. The highest BCUT2D eigenvalue weighted by atomic mass is 35.5. The van der Waals surface area contributed by atoms with E-state index in [2.05, 4.69) is 15.2 Å². The van der Waals surface area contributed by atoms with E-state index in [9.17, 15) is 4.79 Å². The molecule has 1 saturated heterocycles. The molecule has 1 aliphatic heterocycles. The summed E-state index contributed by atoms with van der Waals surface area (Å²) in [5.41, 5.74) is 1.09. The van der Waals surface area contributed by atoms with E-state index >= 15 is 0 Å². The molecule has 1 aromatic heterocycles. The third-order valence-corrected chi connectivity index (χ3v) is 4.77. The largest absolute Gasteiger partial charge is 0.482 e. The predicted molar refractivity (Wildman–Crippen MR) is 106 cm³/mol. The summed E-state index contributed by atoms with van der Waals surface area (Å²) >= 11 is 11.9. The summed E-state index contributed by atoms with van der Waals surface area (Å²) in [6.45, 7) is 1.96. The average molecular weight is 394 g/mol. The van der Waals surface area contributed by atoms with Crippen LogP contribution in [0.3, 0.4) is 0 Å². The summed E-state index contributed by atoms with van der Waals surface area (Å²) in [6, 6.07) is 8.66. The van der Waals surface area contributed by atoms with E-state index in [0.29, 0.717) is 21.6 Å². The fraction of sp³-hybridized carbons (Fsp3) is 0.368. The molecule has 7 heteroatoms. The van der Waals surface area contributed by atoms with Gasteiger partial charge >= 0.3 is 0 Å². The van der Waals surface area contributed by atoms with Crippen molar-refractivity contribution in [1.82, 2.24) is 4.98 Å². The van der Waals surface area contributed by atoms with Gasteiger partial charge in [-0.3, -0.25) is 4.79 Å². The van der Waals surface area contributed by atoms with Gasteiger partial charge < -0.3 is 15.0 Å². The van der Waals surface area contributed by atoms with Crippen LogP contribution >= 0.6 is 23.2 Å². The van der Waals surface area contributed by atoms with Gasteiger partial charge in [-0.05, 0) is 43.2 Å². The number of anilines is 2. The molecule has 0 aliphatic carbocycles. The van der Waals surface area contributed by atoms with Gasteiger partial charge in [0.15, 0.2) is 6.61 Å². The maximum Gasteiger partial charge on any atom is 0.263 e. The summed E-state index contributed by atoms with van der Waals surface area (Å²) < 4.78 is 5.42. The van der Waals surface area contributed by atoms with E-state index in [1.807, 2.05) is 12.1 Å². The highest BCUT2D eigenvalue weighted by Crippen LogP contribution is 2.27. The molecule has 0 unspecified atom stereocenters. The lowest BCUT2D eigenvalue weighted by atomic mass is 10.2. The molecule has 0 bridgehead atoms. The second-order valence-electron chi connectivity index (χ2n) is 6.21. The van der Waals surface area contributed by atoms with Crippen LogP contribution in [-0.4, -0.2) is 30.6 Å². The Morgan fingerprint density at radius 1 is 1.12 bits per heavy atom. The molecule has 5 nitrogen and oxygen atoms in total. The van der Waals surface area contributed by atoms with Crippen LogP contribution in [0.15, 0.2) is 36.5 Å². The second kappa shape index (κ2) is 9.10. The number of carbonyl (C=O) groups excluding carboxylic acids is 1. The summed E-state index contributed by atoms with van der Waals surface area (Å²) in [4.78, 5) is 18.7. The number of aromatic nitrogens is 1. The first kappa shape index (κ1) is 18.8. The number of halogens is 2. The van der Waals surface area contributed by atoms with Crippen LogP contribution in [0.2, 0.25) is 10.0 Å². The Morgan fingerprint density at radius 2 is 1.88 bits per heavy atom. The number of nitrogens with zero attached hydrogens (tertiary/aromatic N) is 2. The molecule has 26 heavy (non-hydrogen) atoms. The predicted octanol–water partition coefficient (Wildman–Crippen LogP) is 4.79. The number of amides is 1. The number of rotatable bonds is 5. The number of nitrogens with one attached hydrogen (secondary N) is 1. The lowest BCUT2D eigenvalue weighted by Gasteiger charge is -2.22. The van der Waals surface area contributed by atoms with Crippen molar-refractivity contribution >= 4 is 40.6 Å². The van der Waals surface area contributed by atoms with Crippen LogP contribution in [0.4, 0.5) is 11.5 Å². The molecule has 1 aliphatic rings. The van der Waals surface area contributed by atoms with E-state index in [1.165, 1.54) is 25.7 Å². The van der Waals surface area contributed by atoms with Crippen LogP contribution in [0, 0.1) is 0 Å². The van der Waals surface area contributed by atoms with Crippen molar-refractivity contribution in [2.75, 3.05) is 29.9 Å². The smallest absolute Gasteiger partial charge is 0.263 e. The molecule has 1 amide bonds. The number of hydrogen-bond acceptors (Lipinski definition) is 4. The Morgan fingerprint density at radius 3 is 2.54 bits per heavy atom. The van der Waals surface area contributed by atoms with E-state index < -0.39 is 0 Å². The van der Waals surface area contributed by atoms with Crippen molar-refractivity contribution in [2.24, 2.45) is 0 Å². The zero-order valence-electron chi connectivity index (χ0n) is 14.4. The number of hydrogen-bond donors (Lipinski definition) is 1. The van der Waals surface area contributed by atoms with E-state index in [0.717, 1.165) is 18.8 Å². The van der Waals surface area contributed by atoms with Gasteiger partial charge in [0.1, 0.15) is 11.6 Å². The van der Waals surface area contributed by atoms with Gasteiger partial charge in [-0.25, -0.2) is 4.98 Å². The molecule has 1 aromatic carbocycles. The lowest BCUT2D eigenvalue weighted by molar-refractivity contribution is -0.118. The summed E-state index contributed by atoms with van der Waals surface area (Å²) in [5, 5.41) is 3.60. The minimum atomic E-state index is -0.300. The fourth-order valence-electron chi connectivity index (χ4n) is 2.89. The maximum atomic E-state index is 12.0. The number of benzene rings is 1. The Hall–Kier alpha value is -1.98. The van der Waals surface area contributed by atoms with Crippen LogP contribution in [0.1, 0.15) is 25.7 Å². The monoisotopic (exact) mass is 393 g/mol. The van der Waals surface area contributed by atoms with Crippen molar-refractivity contribution in [1.29, 1.82) is 0 Å². The third kappa shape index (κ3) is 5.26. The summed E-state index contributed by atoms with van der Waals surface area (Å²) in [7, 11) is 0. The van der Waals surface area contributed by atoms with Crippen molar-refractivity contribution in [3.05, 3.63) is 46.6 Å². The van der Waals surface area contributed by atoms with Crippen LogP contribution in [0.25, 0.3) is 0 Å². The summed E-state index contributed by atoms with van der Waals surface area (Å²) in [5.74, 6) is 0.612. The molecule has 1 N–H and O–H groups in total. The molecule has 3 rings (SSSR count). The van der Waals surface area contributed by atoms with Gasteiger partial charge in [-0.2, -0.15) is 0 Å². The van der Waals surface area contributed by atoms with Crippen molar-refractivity contribution in [3.8, 4) is 5.75 Å². The molecule has 0 spiro atoms. The first-order valence-corrected chi connectivity index (χ1v) is 9.46. The normalized spacial score (nSPS) is 14.6. The van der Waals surface area contributed by atoms with Gasteiger partial charge in [0, 0.05) is 18.1 Å². The molecule has 138 valence electrons. The van der Waals surface area contributed by atoms with Gasteiger partial charge in [0.25, 0.3) is 5.91 Å². The number of pyridine rings is 1. The number of ether oxygens (including phenoxy) is 1. The topological polar surface area (TPSA) is 54.5 Å². The highest BCUT2D eigenvalue weighted by molar-refractivity contribution is 6.35. The first-order chi connectivity index (χ1) is 12.6. The van der Waals surface area contributed by atoms with E-state index in [1.54, 1.807) is 24.4 Å². The minimum absolute atomic E-state index is 0.156. The maximum absolute atomic E-state index is 12.0. The molecule has 2 aromatic rings. The third-order valence-electron chi connectivity index (χ3n) is 4.24. The number of carbonyl (C=O) groups is 1. The Kier molecular flexibility index (Phi) is 6.58. The average Bonchev–Trinajstić information content (AvgIpc) is 2.91. The Bertz CT molecular complexity index is 745. The van der Waals surface area contributed by atoms with Crippen LogP contribution in [-0.2, 0) is 4.79 Å². The molecule has 2 heterocycles. The second-order valence-corrected chi connectivity index (χ2v) is 7.06. The zero-order chi connectivity index (χ0) is 18.4. The fourth-order valence-corrected chi connectivity index (χ4v) is 3.35. The molecule has 0 atom stereocenters. The van der Waals surface area contributed by atoms with E-state index in [-0.39, 0.29) is 12.5 Å². The molecule has 0 radical (unpaired) electrons. The van der Waals surface area contributed by atoms with Gasteiger partial charge in [-0.1, -0.05) is 36.0 Å². The standard InChI is InChI=1S/C19H21Cl2N3O2/c20-14-5-7-17(16(21)11-14)26-13-19(25)23-18-8-6-15(12-22-18)24-9-3-1-2-4-10-24/h5-8,11-12H,1-4,9-10,13H2,(H,22,23,25). The van der Waals surface area contributed by atoms with E-state index in [4.69, 9.17) is 27.9 Å². The van der Waals surface area contributed by atoms with Crippen molar-refractivity contribution < 1.29 is 9.53 Å². The van der Waals surface area contributed by atoms with Gasteiger partial charge in [0.2, 0.25) is 0 Å². The molecular weight excluding hydrogens is 373 g/mol. The van der Waals surface area contributed by atoms with Crippen molar-refractivity contribution in [2.45, 2.75) is 25.7 Å². The quantitative estimate of drug-likeness (QED) is 0.793. The molecule has 0 saturated carbocycles. The SMILES string of the molecule is O=C(COc1ccc(Cl)cc1Cl)Nc1ccc(N2CCCCCC2)cn1. The highest BCUT2D eigenvalue weighted by Gasteiger charge is 2.11. The minimum Gasteiger partial charge on any atom is -0.482 e. The Balaban J connectivity index is 1.52. The summed E-state index contributed by atoms with van der Waals surface area (Å²) in [6.07, 6.45) is 6.80.